The molecule has 2 aliphatic carbocycles. The highest BCUT2D eigenvalue weighted by Crippen LogP contribution is 2.56. The third kappa shape index (κ3) is 1.99. The molecule has 4 atom stereocenters. The van der Waals surface area contributed by atoms with Gasteiger partial charge in [0.05, 0.1) is 0 Å². The topological polar surface area (TPSA) is 46.3 Å². The Labute approximate surface area is 104 Å². The lowest BCUT2D eigenvalue weighted by Crippen LogP contribution is -2.50. The molecule has 3 nitrogen and oxygen atoms in total. The molecule has 2 N–H and O–H groups in total. The number of carbonyl (C=O) groups excluding carboxylic acids is 1. The number of hydrogen-bond donors (Lipinski definition) is 1. The highest BCUT2D eigenvalue weighted by atomic mass is 16.2. The van der Waals surface area contributed by atoms with Crippen LogP contribution in [0.4, 0.5) is 0 Å². The van der Waals surface area contributed by atoms with Gasteiger partial charge in [0.15, 0.2) is 0 Å². The van der Waals surface area contributed by atoms with Crippen LogP contribution >= 0.6 is 0 Å². The second-order valence-electron chi connectivity index (χ2n) is 6.35. The summed E-state index contributed by atoms with van der Waals surface area (Å²) in [6.07, 6.45) is 6.33. The summed E-state index contributed by atoms with van der Waals surface area (Å²) in [7, 11) is 0. The Morgan fingerprint density at radius 3 is 2.41 bits per heavy atom. The van der Waals surface area contributed by atoms with E-state index >= 15 is 0 Å². The molecule has 2 saturated carbocycles. The molecular formula is C14H24N2O. The quantitative estimate of drug-likeness (QED) is 0.752. The summed E-state index contributed by atoms with van der Waals surface area (Å²) in [6.45, 7) is 3.92. The number of rotatable bonds is 1. The van der Waals surface area contributed by atoms with E-state index in [0.717, 1.165) is 31.3 Å². The third-order valence-corrected chi connectivity index (χ3v) is 5.27. The number of fused-ring (bicyclic) bond motifs is 1. The van der Waals surface area contributed by atoms with E-state index in [1.165, 1.54) is 25.7 Å². The van der Waals surface area contributed by atoms with Crippen LogP contribution in [0.2, 0.25) is 0 Å². The lowest BCUT2D eigenvalue weighted by Gasteiger charge is -2.35. The van der Waals surface area contributed by atoms with Gasteiger partial charge in [-0.2, -0.15) is 0 Å². The molecule has 0 aromatic heterocycles. The number of carbonyl (C=O) groups is 1. The fourth-order valence-electron chi connectivity index (χ4n) is 3.87. The van der Waals surface area contributed by atoms with Gasteiger partial charge in [-0.05, 0) is 37.0 Å². The molecule has 0 aromatic carbocycles. The van der Waals surface area contributed by atoms with Crippen LogP contribution in [0.1, 0.15) is 39.0 Å². The Morgan fingerprint density at radius 1 is 1.18 bits per heavy atom. The fraction of sp³-hybridized carbons (Fsp3) is 0.929. The summed E-state index contributed by atoms with van der Waals surface area (Å²) in [5.74, 6) is 2.82. The number of piperidine rings is 1. The summed E-state index contributed by atoms with van der Waals surface area (Å²) in [6, 6.07) is 0.188. The smallest absolute Gasteiger partial charge is 0.226 e. The van der Waals surface area contributed by atoms with Gasteiger partial charge >= 0.3 is 0 Å². The zero-order valence-corrected chi connectivity index (χ0v) is 10.8. The zero-order valence-electron chi connectivity index (χ0n) is 10.8. The first-order valence-electron chi connectivity index (χ1n) is 7.23. The van der Waals surface area contributed by atoms with Crippen LogP contribution in [0, 0.1) is 23.7 Å². The van der Waals surface area contributed by atoms with Gasteiger partial charge in [0.25, 0.3) is 0 Å². The van der Waals surface area contributed by atoms with Crippen molar-refractivity contribution < 1.29 is 4.79 Å². The SMILES string of the molecule is CC1CCN(C(=O)C2C3CCCCC32)CC1N. The van der Waals surface area contributed by atoms with Crippen LogP contribution in [0.25, 0.3) is 0 Å². The van der Waals surface area contributed by atoms with E-state index in [4.69, 9.17) is 5.73 Å². The number of nitrogens with zero attached hydrogens (tertiary/aromatic N) is 1. The van der Waals surface area contributed by atoms with Crippen molar-refractivity contribution in [3.63, 3.8) is 0 Å². The van der Waals surface area contributed by atoms with Crippen molar-refractivity contribution in [2.45, 2.75) is 45.1 Å². The first-order chi connectivity index (χ1) is 8.18. The van der Waals surface area contributed by atoms with Crippen LogP contribution < -0.4 is 5.73 Å². The Morgan fingerprint density at radius 2 is 1.82 bits per heavy atom. The van der Waals surface area contributed by atoms with Crippen molar-refractivity contribution in [2.75, 3.05) is 13.1 Å². The molecule has 3 rings (SSSR count). The van der Waals surface area contributed by atoms with E-state index in [-0.39, 0.29) is 6.04 Å². The van der Waals surface area contributed by atoms with Crippen LogP contribution in [0.15, 0.2) is 0 Å². The molecule has 1 heterocycles. The zero-order chi connectivity index (χ0) is 12.0. The average molecular weight is 236 g/mol. The van der Waals surface area contributed by atoms with E-state index in [1.807, 2.05) is 4.90 Å². The van der Waals surface area contributed by atoms with Crippen molar-refractivity contribution in [3.8, 4) is 0 Å². The van der Waals surface area contributed by atoms with Gasteiger partial charge in [-0.15, -0.1) is 0 Å². The number of hydrogen-bond acceptors (Lipinski definition) is 2. The number of nitrogens with two attached hydrogens (primary N) is 1. The van der Waals surface area contributed by atoms with Crippen molar-refractivity contribution in [1.82, 2.24) is 4.90 Å². The van der Waals surface area contributed by atoms with E-state index in [2.05, 4.69) is 6.92 Å². The summed E-state index contributed by atoms with van der Waals surface area (Å²) in [4.78, 5) is 14.5. The van der Waals surface area contributed by atoms with Gasteiger partial charge in [-0.25, -0.2) is 0 Å². The van der Waals surface area contributed by atoms with E-state index in [1.54, 1.807) is 0 Å². The molecule has 3 heteroatoms. The Hall–Kier alpha value is -0.570. The lowest BCUT2D eigenvalue weighted by atomic mass is 9.94. The summed E-state index contributed by atoms with van der Waals surface area (Å²) in [5, 5.41) is 0. The van der Waals surface area contributed by atoms with E-state index in [0.29, 0.717) is 17.7 Å². The van der Waals surface area contributed by atoms with Crippen LogP contribution in [0.3, 0.4) is 0 Å². The minimum Gasteiger partial charge on any atom is -0.341 e. The van der Waals surface area contributed by atoms with Gasteiger partial charge in [0.2, 0.25) is 5.91 Å². The van der Waals surface area contributed by atoms with Gasteiger partial charge < -0.3 is 10.6 Å². The molecule has 0 aromatic rings. The molecule has 1 saturated heterocycles. The highest BCUT2D eigenvalue weighted by molar-refractivity contribution is 5.82. The maximum atomic E-state index is 12.4. The monoisotopic (exact) mass is 236 g/mol. The summed E-state index contributed by atoms with van der Waals surface area (Å²) in [5.41, 5.74) is 6.08. The molecule has 3 aliphatic rings. The molecule has 1 amide bonds. The maximum Gasteiger partial charge on any atom is 0.226 e. The molecule has 0 bridgehead atoms. The number of likely N-dealkylation sites (tertiary alicyclic amines) is 1. The number of amides is 1. The normalized spacial score (nSPS) is 45.3. The first-order valence-corrected chi connectivity index (χ1v) is 7.23. The van der Waals surface area contributed by atoms with Crippen LogP contribution in [-0.4, -0.2) is 29.9 Å². The van der Waals surface area contributed by atoms with Crippen LogP contribution in [-0.2, 0) is 4.79 Å². The molecule has 0 spiro atoms. The predicted molar refractivity (Wildman–Crippen MR) is 67.3 cm³/mol. The maximum absolute atomic E-state index is 12.4. The van der Waals surface area contributed by atoms with Gasteiger partial charge in [0, 0.05) is 25.0 Å². The van der Waals surface area contributed by atoms with E-state index in [9.17, 15) is 4.79 Å². The molecule has 1 aliphatic heterocycles. The minimum absolute atomic E-state index is 0.188. The van der Waals surface area contributed by atoms with Crippen molar-refractivity contribution in [3.05, 3.63) is 0 Å². The second kappa shape index (κ2) is 4.27. The molecule has 96 valence electrons. The van der Waals surface area contributed by atoms with Gasteiger partial charge in [-0.3, -0.25) is 4.79 Å². The average Bonchev–Trinajstić information content (AvgIpc) is 3.06. The Bertz CT molecular complexity index is 305. The lowest BCUT2D eigenvalue weighted by molar-refractivity contribution is -0.134. The molecule has 0 radical (unpaired) electrons. The summed E-state index contributed by atoms with van der Waals surface area (Å²) < 4.78 is 0. The van der Waals surface area contributed by atoms with Crippen molar-refractivity contribution in [1.29, 1.82) is 0 Å². The molecule has 17 heavy (non-hydrogen) atoms. The first kappa shape index (κ1) is 11.5. The predicted octanol–water partition coefficient (Wildman–Crippen LogP) is 1.62. The second-order valence-corrected chi connectivity index (χ2v) is 6.35. The Balaban J connectivity index is 1.60. The Kier molecular flexibility index (Phi) is 2.89. The summed E-state index contributed by atoms with van der Waals surface area (Å²) >= 11 is 0. The molecule has 4 unspecified atom stereocenters. The molecule has 3 fully saturated rings. The standard InChI is InChI=1S/C14H24N2O/c1-9-6-7-16(8-12(9)15)14(17)13-10-4-2-3-5-11(10)13/h9-13H,2-8,15H2,1H3. The third-order valence-electron chi connectivity index (χ3n) is 5.27. The highest BCUT2D eigenvalue weighted by Gasteiger charge is 2.55. The van der Waals surface area contributed by atoms with Gasteiger partial charge in [0.1, 0.15) is 0 Å². The largest absolute Gasteiger partial charge is 0.341 e. The molecular weight excluding hydrogens is 212 g/mol. The minimum atomic E-state index is 0.188. The van der Waals surface area contributed by atoms with Crippen molar-refractivity contribution >= 4 is 5.91 Å². The van der Waals surface area contributed by atoms with Crippen LogP contribution in [0.5, 0.6) is 0 Å². The van der Waals surface area contributed by atoms with Gasteiger partial charge in [-0.1, -0.05) is 19.8 Å². The fourth-order valence-corrected chi connectivity index (χ4v) is 3.87. The van der Waals surface area contributed by atoms with Crippen molar-refractivity contribution in [2.24, 2.45) is 29.4 Å². The van der Waals surface area contributed by atoms with E-state index < -0.39 is 0 Å².